The van der Waals surface area contributed by atoms with Crippen molar-refractivity contribution < 1.29 is 19.1 Å². The smallest absolute Gasteiger partial charge is 0.311 e. The molecule has 0 saturated heterocycles. The zero-order chi connectivity index (χ0) is 43.1. The second kappa shape index (κ2) is 28.1. The minimum absolute atomic E-state index is 0.150. The molecule has 0 radical (unpaired) electrons. The van der Waals surface area contributed by atoms with Crippen LogP contribution in [0.25, 0.3) is 0 Å². The molecule has 4 fully saturated rings. The van der Waals surface area contributed by atoms with E-state index in [2.05, 4.69) is 37.7 Å². The van der Waals surface area contributed by atoms with Gasteiger partial charge >= 0.3 is 11.9 Å². The van der Waals surface area contributed by atoms with Gasteiger partial charge in [-0.2, -0.15) is 0 Å². The first kappa shape index (κ1) is 49.3. The summed E-state index contributed by atoms with van der Waals surface area (Å²) in [6.45, 7) is 8.81. The molecule has 6 heteroatoms. The molecule has 0 aromatic carbocycles. The van der Waals surface area contributed by atoms with Gasteiger partial charge < -0.3 is 9.47 Å². The number of rotatable bonds is 21. The molecule has 2 aromatic rings. The van der Waals surface area contributed by atoms with E-state index in [0.29, 0.717) is 24.3 Å². The molecule has 0 spiro atoms. The van der Waals surface area contributed by atoms with Crippen molar-refractivity contribution >= 4 is 11.9 Å². The molecule has 6 rings (SSSR count). The standard InChI is InChI=1S/C28H45NO2.C27H43NO2/c1-3-5-7-22-9-14-24(15-10-22)25-16-11-23(12-17-25)13-18-26-19-20-27(21-29-26)31-28(30)8-6-4-2;1-3-5-7-27(29)30-26-19-18-25(28-20-26)17-12-22-10-15-24(16-11-22)23-13-8-21(6-4-2)9-14-23/h19-25H,3-18H2,1-2H3;18-24H,3-17H2,1-2H3/t22-,23-,24-,25-;21-,22-,23-,24-. The third-order valence-electron chi connectivity index (χ3n) is 15.7. The Labute approximate surface area is 373 Å². The summed E-state index contributed by atoms with van der Waals surface area (Å²) in [4.78, 5) is 32.5. The van der Waals surface area contributed by atoms with Crippen LogP contribution in [0.1, 0.15) is 225 Å². The second-order valence-corrected chi connectivity index (χ2v) is 20.3. The van der Waals surface area contributed by atoms with Gasteiger partial charge in [-0.1, -0.05) is 124 Å². The van der Waals surface area contributed by atoms with Gasteiger partial charge in [0.15, 0.2) is 0 Å². The van der Waals surface area contributed by atoms with E-state index in [0.717, 1.165) is 97.3 Å². The van der Waals surface area contributed by atoms with Gasteiger partial charge in [0.2, 0.25) is 0 Å². The highest BCUT2D eigenvalue weighted by Crippen LogP contribution is 2.44. The Bertz CT molecular complexity index is 1460. The molecule has 61 heavy (non-hydrogen) atoms. The number of aryl methyl sites for hydroxylation is 2. The van der Waals surface area contributed by atoms with Crippen LogP contribution in [0.5, 0.6) is 11.5 Å². The number of nitrogens with zero attached hydrogens (tertiary/aromatic N) is 2. The van der Waals surface area contributed by atoms with Crippen LogP contribution in [0.15, 0.2) is 36.7 Å². The summed E-state index contributed by atoms with van der Waals surface area (Å²) < 4.78 is 10.7. The minimum atomic E-state index is -0.151. The molecule has 0 atom stereocenters. The Hall–Kier alpha value is -2.76. The lowest BCUT2D eigenvalue weighted by molar-refractivity contribution is -0.135. The van der Waals surface area contributed by atoms with E-state index in [1.165, 1.54) is 148 Å². The molecule has 0 amide bonds. The zero-order valence-electron chi connectivity index (χ0n) is 39.5. The van der Waals surface area contributed by atoms with Crippen LogP contribution in [-0.2, 0) is 22.4 Å². The maximum absolute atomic E-state index is 11.7. The molecule has 342 valence electrons. The fourth-order valence-corrected chi connectivity index (χ4v) is 11.6. The Kier molecular flexibility index (Phi) is 22.7. The predicted molar refractivity (Wildman–Crippen MR) is 252 cm³/mol. The Balaban J connectivity index is 0.000000231. The van der Waals surface area contributed by atoms with Crippen molar-refractivity contribution in [3.05, 3.63) is 48.0 Å². The van der Waals surface area contributed by atoms with Gasteiger partial charge in [-0.05, 0) is 162 Å². The van der Waals surface area contributed by atoms with E-state index >= 15 is 0 Å². The summed E-state index contributed by atoms with van der Waals surface area (Å²) in [7, 11) is 0. The third kappa shape index (κ3) is 18.1. The van der Waals surface area contributed by atoms with Gasteiger partial charge in [-0.15, -0.1) is 0 Å². The molecule has 4 aliphatic carbocycles. The molecule has 0 bridgehead atoms. The lowest BCUT2D eigenvalue weighted by Crippen LogP contribution is -2.26. The van der Waals surface area contributed by atoms with Crippen molar-refractivity contribution in [1.82, 2.24) is 9.97 Å². The highest BCUT2D eigenvalue weighted by Gasteiger charge is 2.32. The normalized spacial score (nSPS) is 26.8. The van der Waals surface area contributed by atoms with Gasteiger partial charge in [0.1, 0.15) is 11.5 Å². The molecule has 0 aliphatic heterocycles. The summed E-state index contributed by atoms with van der Waals surface area (Å²) in [6.07, 6.45) is 43.3. The van der Waals surface area contributed by atoms with E-state index < -0.39 is 0 Å². The minimum Gasteiger partial charge on any atom is -0.425 e. The van der Waals surface area contributed by atoms with Crippen molar-refractivity contribution in [3.8, 4) is 11.5 Å². The molecule has 2 heterocycles. The van der Waals surface area contributed by atoms with Crippen LogP contribution in [0.4, 0.5) is 0 Å². The molecular formula is C55H88N2O4. The van der Waals surface area contributed by atoms with Crippen LogP contribution in [-0.4, -0.2) is 21.9 Å². The van der Waals surface area contributed by atoms with Crippen LogP contribution in [0.3, 0.4) is 0 Å². The van der Waals surface area contributed by atoms with E-state index in [1.807, 2.05) is 24.3 Å². The largest absolute Gasteiger partial charge is 0.425 e. The molecular weight excluding hydrogens is 753 g/mol. The number of unbranched alkanes of at least 4 members (excludes halogenated alkanes) is 3. The third-order valence-corrected chi connectivity index (χ3v) is 15.7. The zero-order valence-corrected chi connectivity index (χ0v) is 39.5. The number of carbonyl (C=O) groups excluding carboxylic acids is 2. The number of ether oxygens (including phenoxy) is 2. The molecule has 0 N–H and O–H groups in total. The molecule has 4 saturated carbocycles. The van der Waals surface area contributed by atoms with Crippen molar-refractivity contribution in [2.75, 3.05) is 0 Å². The highest BCUT2D eigenvalue weighted by molar-refractivity contribution is 5.72. The van der Waals surface area contributed by atoms with E-state index in [1.54, 1.807) is 12.4 Å². The quantitative estimate of drug-likeness (QED) is 0.117. The Morgan fingerprint density at radius 2 is 0.787 bits per heavy atom. The Morgan fingerprint density at radius 3 is 1.10 bits per heavy atom. The molecule has 6 nitrogen and oxygen atoms in total. The van der Waals surface area contributed by atoms with Crippen molar-refractivity contribution in [2.24, 2.45) is 47.3 Å². The van der Waals surface area contributed by atoms with Crippen LogP contribution in [0, 0.1) is 47.3 Å². The lowest BCUT2D eigenvalue weighted by Gasteiger charge is -2.38. The number of pyridine rings is 2. The average molecular weight is 841 g/mol. The van der Waals surface area contributed by atoms with Crippen molar-refractivity contribution in [2.45, 2.75) is 227 Å². The van der Waals surface area contributed by atoms with Crippen molar-refractivity contribution in [1.29, 1.82) is 0 Å². The fraction of sp³-hybridized carbons (Fsp3) is 0.782. The summed E-state index contributed by atoms with van der Waals surface area (Å²) in [6, 6.07) is 7.87. The first-order valence-corrected chi connectivity index (χ1v) is 26.2. The molecule has 4 aliphatic rings. The summed E-state index contributed by atoms with van der Waals surface area (Å²) >= 11 is 0. The van der Waals surface area contributed by atoms with Gasteiger partial charge in [0, 0.05) is 24.2 Å². The van der Waals surface area contributed by atoms with Gasteiger partial charge in [0.05, 0.1) is 12.4 Å². The first-order valence-electron chi connectivity index (χ1n) is 26.2. The first-order chi connectivity index (χ1) is 29.8. The average Bonchev–Trinajstić information content (AvgIpc) is 3.30. The molecule has 2 aromatic heterocycles. The fourth-order valence-electron chi connectivity index (χ4n) is 11.6. The van der Waals surface area contributed by atoms with E-state index in [-0.39, 0.29) is 11.9 Å². The number of carbonyl (C=O) groups is 2. The Morgan fingerprint density at radius 1 is 0.443 bits per heavy atom. The van der Waals surface area contributed by atoms with E-state index in [4.69, 9.17) is 9.47 Å². The number of aromatic nitrogens is 2. The van der Waals surface area contributed by atoms with Crippen LogP contribution < -0.4 is 9.47 Å². The topological polar surface area (TPSA) is 78.4 Å². The highest BCUT2D eigenvalue weighted by atomic mass is 16.5. The van der Waals surface area contributed by atoms with Gasteiger partial charge in [0.25, 0.3) is 0 Å². The van der Waals surface area contributed by atoms with Crippen LogP contribution in [0.2, 0.25) is 0 Å². The SMILES string of the molecule is CCCCC(=O)Oc1ccc(CC[C@H]2CC[C@H]([C@H]3CC[C@H](CCC)CC3)CC2)nc1.CCCCC(=O)Oc1ccc(CC[C@H]2CC[C@H]([C@H]3CC[C@H](CCCC)CC3)CC2)nc1. The summed E-state index contributed by atoms with van der Waals surface area (Å²) in [5, 5.41) is 0. The second-order valence-electron chi connectivity index (χ2n) is 20.3. The number of esters is 2. The summed E-state index contributed by atoms with van der Waals surface area (Å²) in [5.74, 6) is 8.70. The summed E-state index contributed by atoms with van der Waals surface area (Å²) in [5.41, 5.74) is 2.25. The van der Waals surface area contributed by atoms with Gasteiger partial charge in [-0.25, -0.2) is 0 Å². The number of hydrogen-bond donors (Lipinski definition) is 0. The molecule has 0 unspecified atom stereocenters. The van der Waals surface area contributed by atoms with Crippen molar-refractivity contribution in [3.63, 3.8) is 0 Å². The maximum Gasteiger partial charge on any atom is 0.311 e. The van der Waals surface area contributed by atoms with Crippen LogP contribution >= 0.6 is 0 Å². The van der Waals surface area contributed by atoms with Gasteiger partial charge in [-0.3, -0.25) is 19.6 Å². The maximum atomic E-state index is 11.7. The van der Waals surface area contributed by atoms with E-state index in [9.17, 15) is 9.59 Å². The lowest BCUT2D eigenvalue weighted by atomic mass is 9.68. The monoisotopic (exact) mass is 841 g/mol. The number of hydrogen-bond acceptors (Lipinski definition) is 6. The predicted octanol–water partition coefficient (Wildman–Crippen LogP) is 15.4.